The second-order valence-electron chi connectivity index (χ2n) is 8.51. The van der Waals surface area contributed by atoms with E-state index in [1.165, 1.54) is 0 Å². The maximum absolute atomic E-state index is 12.2. The van der Waals surface area contributed by atoms with Crippen LogP contribution in [0.1, 0.15) is 39.3 Å². The van der Waals surface area contributed by atoms with Gasteiger partial charge in [-0.05, 0) is 44.0 Å². The first kappa shape index (κ1) is 19.5. The maximum atomic E-state index is 12.2. The summed E-state index contributed by atoms with van der Waals surface area (Å²) in [6.45, 7) is 10.6. The van der Waals surface area contributed by atoms with Crippen molar-refractivity contribution in [2.75, 3.05) is 19.6 Å². The summed E-state index contributed by atoms with van der Waals surface area (Å²) in [6, 6.07) is 8.75. The number of aromatic nitrogens is 3. The summed E-state index contributed by atoms with van der Waals surface area (Å²) in [5, 5.41) is 4.59. The molecule has 1 aliphatic heterocycles. The Morgan fingerprint density at radius 1 is 1.00 bits per heavy atom. The van der Waals surface area contributed by atoms with Crippen LogP contribution in [-0.2, 0) is 18.5 Å². The van der Waals surface area contributed by atoms with E-state index in [-0.39, 0.29) is 16.5 Å². The molecule has 2 aromatic heterocycles. The number of likely N-dealkylation sites (tertiary alicyclic amines) is 1. The van der Waals surface area contributed by atoms with Gasteiger partial charge in [-0.3, -0.25) is 9.59 Å². The van der Waals surface area contributed by atoms with Gasteiger partial charge in [-0.1, -0.05) is 26.8 Å². The third kappa shape index (κ3) is 5.16. The molecule has 6 heteroatoms. The van der Waals surface area contributed by atoms with E-state index in [2.05, 4.69) is 30.8 Å². The standard InChI is InChI=1S/C21H30N4O2/c1-21(2,3)18-7-8-20(27)25(22-18)16-17-9-12-23(13-10-17)14-15-24-11-5-4-6-19(24)26/h4-8,11,17H,9-10,12-16H2,1-3H3. The van der Waals surface area contributed by atoms with Gasteiger partial charge < -0.3 is 9.47 Å². The van der Waals surface area contributed by atoms with Crippen molar-refractivity contribution in [1.82, 2.24) is 19.2 Å². The average Bonchev–Trinajstić information content (AvgIpc) is 2.63. The fourth-order valence-corrected chi connectivity index (χ4v) is 3.51. The van der Waals surface area contributed by atoms with Gasteiger partial charge in [-0.15, -0.1) is 0 Å². The molecule has 1 aliphatic rings. The van der Waals surface area contributed by atoms with E-state index in [4.69, 9.17) is 0 Å². The molecule has 0 amide bonds. The number of rotatable bonds is 5. The summed E-state index contributed by atoms with van der Waals surface area (Å²) < 4.78 is 3.40. The minimum Gasteiger partial charge on any atom is -0.314 e. The lowest BCUT2D eigenvalue weighted by Gasteiger charge is -2.32. The Balaban J connectivity index is 1.53. The van der Waals surface area contributed by atoms with E-state index >= 15 is 0 Å². The summed E-state index contributed by atoms with van der Waals surface area (Å²) in [5.41, 5.74) is 0.923. The Morgan fingerprint density at radius 2 is 1.74 bits per heavy atom. The van der Waals surface area contributed by atoms with E-state index in [1.807, 2.05) is 18.3 Å². The van der Waals surface area contributed by atoms with Crippen molar-refractivity contribution in [3.63, 3.8) is 0 Å². The summed E-state index contributed by atoms with van der Waals surface area (Å²) in [6.07, 6.45) is 3.95. The Kier molecular flexibility index (Phi) is 5.95. The molecule has 3 rings (SSSR count). The van der Waals surface area contributed by atoms with Crippen molar-refractivity contribution in [3.05, 3.63) is 62.9 Å². The van der Waals surface area contributed by atoms with Crippen molar-refractivity contribution in [3.8, 4) is 0 Å². The van der Waals surface area contributed by atoms with Crippen LogP contribution in [0.3, 0.4) is 0 Å². The van der Waals surface area contributed by atoms with Gasteiger partial charge in [0.15, 0.2) is 0 Å². The molecule has 6 nitrogen and oxygen atoms in total. The van der Waals surface area contributed by atoms with Crippen molar-refractivity contribution in [2.45, 2.75) is 52.1 Å². The minimum atomic E-state index is -0.0612. The molecule has 0 radical (unpaired) electrons. The predicted molar refractivity (Wildman–Crippen MR) is 107 cm³/mol. The first-order valence-corrected chi connectivity index (χ1v) is 9.79. The van der Waals surface area contributed by atoms with Gasteiger partial charge in [0.1, 0.15) is 0 Å². The SMILES string of the molecule is CC(C)(C)c1ccc(=O)n(CC2CCN(CCn3ccccc3=O)CC2)n1. The highest BCUT2D eigenvalue weighted by Gasteiger charge is 2.21. The van der Waals surface area contributed by atoms with Crippen LogP contribution in [-0.4, -0.2) is 38.9 Å². The molecule has 0 N–H and O–H groups in total. The summed E-state index contributed by atoms with van der Waals surface area (Å²) in [5.74, 6) is 0.473. The van der Waals surface area contributed by atoms with E-state index in [0.717, 1.165) is 44.7 Å². The highest BCUT2D eigenvalue weighted by atomic mass is 16.1. The summed E-state index contributed by atoms with van der Waals surface area (Å²) >= 11 is 0. The van der Waals surface area contributed by atoms with Crippen molar-refractivity contribution in [1.29, 1.82) is 0 Å². The molecule has 146 valence electrons. The molecule has 3 heterocycles. The molecule has 0 unspecified atom stereocenters. The zero-order valence-electron chi connectivity index (χ0n) is 16.6. The second kappa shape index (κ2) is 8.21. The molecule has 0 spiro atoms. The van der Waals surface area contributed by atoms with E-state index in [1.54, 1.807) is 27.4 Å². The van der Waals surface area contributed by atoms with Crippen LogP contribution in [0.4, 0.5) is 0 Å². The van der Waals surface area contributed by atoms with Gasteiger partial charge in [-0.2, -0.15) is 5.10 Å². The quantitative estimate of drug-likeness (QED) is 0.809. The lowest BCUT2D eigenvalue weighted by molar-refractivity contribution is 0.164. The van der Waals surface area contributed by atoms with E-state index in [9.17, 15) is 9.59 Å². The van der Waals surface area contributed by atoms with Crippen LogP contribution in [0.15, 0.2) is 46.1 Å². The van der Waals surface area contributed by atoms with Gasteiger partial charge >= 0.3 is 0 Å². The lowest BCUT2D eigenvalue weighted by Crippen LogP contribution is -2.39. The third-order valence-electron chi connectivity index (χ3n) is 5.33. The minimum absolute atomic E-state index is 0.0196. The number of nitrogens with zero attached hydrogens (tertiary/aromatic N) is 4. The lowest BCUT2D eigenvalue weighted by atomic mass is 9.92. The van der Waals surface area contributed by atoms with Gasteiger partial charge in [0, 0.05) is 43.4 Å². The van der Waals surface area contributed by atoms with E-state index < -0.39 is 0 Å². The number of piperidine rings is 1. The number of hydrogen-bond acceptors (Lipinski definition) is 4. The van der Waals surface area contributed by atoms with Crippen LogP contribution in [0, 0.1) is 5.92 Å². The van der Waals surface area contributed by atoms with Crippen molar-refractivity contribution < 1.29 is 0 Å². The Labute approximate surface area is 160 Å². The molecule has 0 aromatic carbocycles. The molecule has 27 heavy (non-hydrogen) atoms. The monoisotopic (exact) mass is 370 g/mol. The number of hydrogen-bond donors (Lipinski definition) is 0. The third-order valence-corrected chi connectivity index (χ3v) is 5.33. The number of pyridine rings is 1. The second-order valence-corrected chi connectivity index (χ2v) is 8.51. The molecule has 2 aromatic rings. The average molecular weight is 370 g/mol. The molecular weight excluding hydrogens is 340 g/mol. The molecule has 0 bridgehead atoms. The van der Waals surface area contributed by atoms with Crippen LogP contribution < -0.4 is 11.1 Å². The molecule has 1 saturated heterocycles. The molecule has 1 fully saturated rings. The topological polar surface area (TPSA) is 60.1 Å². The van der Waals surface area contributed by atoms with Crippen LogP contribution in [0.2, 0.25) is 0 Å². The summed E-state index contributed by atoms with van der Waals surface area (Å²) in [4.78, 5) is 26.4. The van der Waals surface area contributed by atoms with Gasteiger partial charge in [-0.25, -0.2) is 4.68 Å². The smallest absolute Gasteiger partial charge is 0.266 e. The fraction of sp³-hybridized carbons (Fsp3) is 0.571. The van der Waals surface area contributed by atoms with Crippen LogP contribution >= 0.6 is 0 Å². The predicted octanol–water partition coefficient (Wildman–Crippen LogP) is 2.11. The van der Waals surface area contributed by atoms with Gasteiger partial charge in [0.05, 0.1) is 5.69 Å². The molecule has 0 saturated carbocycles. The highest BCUT2D eigenvalue weighted by molar-refractivity contribution is 5.10. The fourth-order valence-electron chi connectivity index (χ4n) is 3.51. The molecular formula is C21H30N4O2. The highest BCUT2D eigenvalue weighted by Crippen LogP contribution is 2.20. The normalized spacial score (nSPS) is 16.6. The summed E-state index contributed by atoms with van der Waals surface area (Å²) in [7, 11) is 0. The van der Waals surface area contributed by atoms with Crippen LogP contribution in [0.25, 0.3) is 0 Å². The molecule has 0 aliphatic carbocycles. The first-order valence-electron chi connectivity index (χ1n) is 9.79. The Morgan fingerprint density at radius 3 is 2.41 bits per heavy atom. The van der Waals surface area contributed by atoms with Gasteiger partial charge in [0.25, 0.3) is 11.1 Å². The van der Waals surface area contributed by atoms with Crippen LogP contribution in [0.5, 0.6) is 0 Å². The Bertz CT molecular complexity index is 870. The molecule has 0 atom stereocenters. The van der Waals surface area contributed by atoms with Crippen molar-refractivity contribution in [2.24, 2.45) is 5.92 Å². The largest absolute Gasteiger partial charge is 0.314 e. The van der Waals surface area contributed by atoms with E-state index in [0.29, 0.717) is 12.5 Å². The maximum Gasteiger partial charge on any atom is 0.266 e. The zero-order chi connectivity index (χ0) is 19.4. The van der Waals surface area contributed by atoms with Crippen molar-refractivity contribution >= 4 is 0 Å². The Hall–Kier alpha value is -2.21. The zero-order valence-corrected chi connectivity index (χ0v) is 16.6. The first-order chi connectivity index (χ1) is 12.8. The van der Waals surface area contributed by atoms with Gasteiger partial charge in [0.2, 0.25) is 0 Å².